The maximum atomic E-state index is 13.7. The van der Waals surface area contributed by atoms with E-state index < -0.39 is 24.2 Å². The van der Waals surface area contributed by atoms with Gasteiger partial charge in [0.05, 0.1) is 37.0 Å². The number of para-hydroxylation sites is 1. The molecule has 3 atom stereocenters. The molecule has 42 heavy (non-hydrogen) atoms. The molecule has 0 saturated carbocycles. The molecule has 2 amide bonds. The first-order valence-corrected chi connectivity index (χ1v) is 15.0. The third-order valence-electron chi connectivity index (χ3n) is 7.06. The first-order chi connectivity index (χ1) is 20.1. The van der Waals surface area contributed by atoms with E-state index in [1.165, 1.54) is 7.11 Å². The van der Waals surface area contributed by atoms with Gasteiger partial charge < -0.3 is 39.7 Å². The molecule has 1 aliphatic rings. The summed E-state index contributed by atoms with van der Waals surface area (Å²) in [6.45, 7) is 3.85. The van der Waals surface area contributed by atoms with E-state index in [1.807, 2.05) is 38.1 Å². The number of nitrogens with zero attached hydrogens (tertiary/aromatic N) is 1. The van der Waals surface area contributed by atoms with Crippen molar-refractivity contribution in [1.82, 2.24) is 10.2 Å². The van der Waals surface area contributed by atoms with Gasteiger partial charge in [0.2, 0.25) is 11.8 Å². The molecule has 0 aromatic heterocycles. The zero-order valence-corrected chi connectivity index (χ0v) is 26.7. The van der Waals surface area contributed by atoms with E-state index in [0.29, 0.717) is 38.4 Å². The lowest BCUT2D eigenvalue weighted by Gasteiger charge is -2.41. The highest BCUT2D eigenvalue weighted by molar-refractivity contribution is 14.1. The van der Waals surface area contributed by atoms with E-state index in [4.69, 9.17) is 14.2 Å². The zero-order valence-electron chi connectivity index (χ0n) is 24.5. The van der Waals surface area contributed by atoms with E-state index in [0.717, 1.165) is 5.56 Å². The summed E-state index contributed by atoms with van der Waals surface area (Å²) in [5.41, 5.74) is 1.89. The Kier molecular flexibility index (Phi) is 12.9. The standard InChI is InChI=1S/C31H41IN2O8/c1-19(2)13-28(37)34(11-9-21-7-5-6-8-25(21)40-3)24-16-22(31(39)33-10-12-35)17-26(29(24)38)42-30-23(32)14-20(18-36)15-27(30)41-4/h5-8,14-15,17,19,24,26,29,35-36,38H,9-13,16,18H2,1-4H3,(H,33,39)/t24-,26+,29+/m1/s1. The molecule has 0 bridgehead atoms. The summed E-state index contributed by atoms with van der Waals surface area (Å²) in [7, 11) is 3.07. The summed E-state index contributed by atoms with van der Waals surface area (Å²) in [6, 6.07) is 10.2. The molecule has 0 heterocycles. The summed E-state index contributed by atoms with van der Waals surface area (Å²) < 4.78 is 18.0. The van der Waals surface area contributed by atoms with Gasteiger partial charge in [-0.15, -0.1) is 0 Å². The van der Waals surface area contributed by atoms with E-state index in [1.54, 1.807) is 30.2 Å². The molecule has 230 valence electrons. The molecule has 0 fully saturated rings. The number of methoxy groups -OCH3 is 2. The number of amides is 2. The largest absolute Gasteiger partial charge is 0.496 e. The molecule has 4 N–H and O–H groups in total. The Labute approximate surface area is 260 Å². The van der Waals surface area contributed by atoms with E-state index in [9.17, 15) is 24.9 Å². The summed E-state index contributed by atoms with van der Waals surface area (Å²) in [4.78, 5) is 28.4. The number of nitrogens with one attached hydrogen (secondary N) is 1. The van der Waals surface area contributed by atoms with Crippen LogP contribution in [0.1, 0.15) is 37.8 Å². The van der Waals surface area contributed by atoms with Gasteiger partial charge in [-0.25, -0.2) is 0 Å². The van der Waals surface area contributed by atoms with Crippen molar-refractivity contribution in [2.75, 3.05) is 33.9 Å². The lowest BCUT2D eigenvalue weighted by Crippen LogP contribution is -2.55. The molecule has 10 nitrogen and oxygen atoms in total. The second kappa shape index (κ2) is 16.1. The molecule has 2 aromatic rings. The SMILES string of the molecule is COc1ccccc1CCN(C(=O)CC(C)C)[C@@H]1CC(C(=O)NCCO)=C[C@H](Oc2c(I)cc(CO)cc2OC)[C@H]1O. The Morgan fingerprint density at radius 2 is 1.83 bits per heavy atom. The molecule has 0 spiro atoms. The Morgan fingerprint density at radius 1 is 1.12 bits per heavy atom. The van der Waals surface area contributed by atoms with E-state index in [2.05, 4.69) is 27.9 Å². The van der Waals surface area contributed by atoms with Crippen LogP contribution in [-0.2, 0) is 22.6 Å². The number of ether oxygens (including phenoxy) is 3. The fraction of sp³-hybridized carbons (Fsp3) is 0.484. The van der Waals surface area contributed by atoms with Crippen molar-refractivity contribution in [3.05, 3.63) is 62.7 Å². The molecule has 1 aliphatic carbocycles. The van der Waals surface area contributed by atoms with E-state index >= 15 is 0 Å². The fourth-order valence-electron chi connectivity index (χ4n) is 4.99. The minimum atomic E-state index is -1.17. The van der Waals surface area contributed by atoms with Crippen LogP contribution in [0.2, 0.25) is 0 Å². The molecule has 0 unspecified atom stereocenters. The molecule has 11 heteroatoms. The number of halogens is 1. The topological polar surface area (TPSA) is 138 Å². The van der Waals surface area contributed by atoms with Gasteiger partial charge in [0.25, 0.3) is 0 Å². The van der Waals surface area contributed by atoms with Crippen LogP contribution in [0, 0.1) is 9.49 Å². The predicted octanol–water partition coefficient (Wildman–Crippen LogP) is 2.83. The van der Waals surface area contributed by atoms with Crippen molar-refractivity contribution in [3.8, 4) is 17.2 Å². The molecule has 0 aliphatic heterocycles. The van der Waals surface area contributed by atoms with Gasteiger partial charge in [0.1, 0.15) is 18.0 Å². The molecular weight excluding hydrogens is 655 g/mol. The third kappa shape index (κ3) is 8.59. The summed E-state index contributed by atoms with van der Waals surface area (Å²) in [6.07, 6.45) is 0.241. The minimum absolute atomic E-state index is 0.0626. The molecule has 3 rings (SSSR count). The Hall–Kier alpha value is -2.87. The summed E-state index contributed by atoms with van der Waals surface area (Å²) in [5, 5.41) is 33.3. The van der Waals surface area contributed by atoms with Gasteiger partial charge in [-0.05, 0) is 70.3 Å². The quantitative estimate of drug-likeness (QED) is 0.222. The summed E-state index contributed by atoms with van der Waals surface area (Å²) >= 11 is 2.07. The highest BCUT2D eigenvalue weighted by Crippen LogP contribution is 2.37. The molecule has 0 saturated heterocycles. The van der Waals surface area contributed by atoms with Crippen LogP contribution in [0.3, 0.4) is 0 Å². The fourth-order valence-corrected chi connectivity index (χ4v) is 5.78. The van der Waals surface area contributed by atoms with Crippen LogP contribution in [0.5, 0.6) is 17.2 Å². The van der Waals surface area contributed by atoms with Crippen molar-refractivity contribution < 1.29 is 39.1 Å². The average Bonchev–Trinajstić information content (AvgIpc) is 2.97. The predicted molar refractivity (Wildman–Crippen MR) is 167 cm³/mol. The van der Waals surface area contributed by atoms with Crippen LogP contribution >= 0.6 is 22.6 Å². The van der Waals surface area contributed by atoms with Crippen LogP contribution in [0.4, 0.5) is 0 Å². The van der Waals surface area contributed by atoms with Crippen molar-refractivity contribution in [2.24, 2.45) is 5.92 Å². The maximum absolute atomic E-state index is 13.7. The second-order valence-corrected chi connectivity index (χ2v) is 11.7. The first-order valence-electron chi connectivity index (χ1n) is 14.0. The first kappa shape index (κ1) is 33.6. The van der Waals surface area contributed by atoms with Crippen molar-refractivity contribution in [3.63, 3.8) is 0 Å². The number of rotatable bonds is 14. The highest BCUT2D eigenvalue weighted by Gasteiger charge is 2.41. The van der Waals surface area contributed by atoms with Gasteiger partial charge in [-0.1, -0.05) is 32.0 Å². The summed E-state index contributed by atoms with van der Waals surface area (Å²) in [5.74, 6) is 0.949. The van der Waals surface area contributed by atoms with Crippen molar-refractivity contribution in [1.29, 1.82) is 0 Å². The monoisotopic (exact) mass is 696 g/mol. The van der Waals surface area contributed by atoms with Gasteiger partial charge in [-0.3, -0.25) is 9.59 Å². The van der Waals surface area contributed by atoms with Crippen LogP contribution in [0.25, 0.3) is 0 Å². The lowest BCUT2D eigenvalue weighted by molar-refractivity contribution is -0.139. The van der Waals surface area contributed by atoms with Gasteiger partial charge in [0.15, 0.2) is 11.5 Å². The molecule has 0 radical (unpaired) electrons. The van der Waals surface area contributed by atoms with Crippen molar-refractivity contribution in [2.45, 2.75) is 58.0 Å². The average molecular weight is 697 g/mol. The van der Waals surface area contributed by atoms with Gasteiger partial charge in [0, 0.05) is 31.5 Å². The number of carbonyl (C=O) groups excluding carboxylic acids is 2. The second-order valence-electron chi connectivity index (χ2n) is 10.5. The van der Waals surface area contributed by atoms with Crippen LogP contribution in [-0.4, -0.2) is 84.2 Å². The smallest absolute Gasteiger partial charge is 0.247 e. The maximum Gasteiger partial charge on any atom is 0.247 e. The van der Waals surface area contributed by atoms with Gasteiger partial charge >= 0.3 is 0 Å². The van der Waals surface area contributed by atoms with Crippen LogP contribution in [0.15, 0.2) is 48.0 Å². The Balaban J connectivity index is 2.01. The van der Waals surface area contributed by atoms with Crippen LogP contribution < -0.4 is 19.5 Å². The number of hydrogen-bond donors (Lipinski definition) is 4. The molecule has 2 aromatic carbocycles. The lowest BCUT2D eigenvalue weighted by atomic mass is 9.87. The zero-order chi connectivity index (χ0) is 30.8. The Morgan fingerprint density at radius 3 is 2.48 bits per heavy atom. The normalized spacial score (nSPS) is 18.3. The van der Waals surface area contributed by atoms with Crippen molar-refractivity contribution >= 4 is 34.4 Å². The number of hydrogen-bond acceptors (Lipinski definition) is 8. The van der Waals surface area contributed by atoms with Gasteiger partial charge in [-0.2, -0.15) is 0 Å². The Bertz CT molecular complexity index is 1250. The number of aliphatic hydroxyl groups excluding tert-OH is 3. The molecular formula is C31H41IN2O8. The van der Waals surface area contributed by atoms with E-state index in [-0.39, 0.29) is 51.0 Å². The number of carbonyl (C=O) groups is 2. The highest BCUT2D eigenvalue weighted by atomic mass is 127. The minimum Gasteiger partial charge on any atom is -0.496 e. The number of aliphatic hydroxyl groups is 3. The number of benzene rings is 2. The third-order valence-corrected chi connectivity index (χ3v) is 7.86.